The molecule has 0 saturated carbocycles. The first-order valence-electron chi connectivity index (χ1n) is 8.80. The Labute approximate surface area is 146 Å². The maximum absolute atomic E-state index is 13.0. The summed E-state index contributed by atoms with van der Waals surface area (Å²) < 4.78 is 6.69. The van der Waals surface area contributed by atoms with Gasteiger partial charge in [0.2, 0.25) is 5.91 Å². The number of hydrogen-bond donors (Lipinski definition) is 1. The van der Waals surface area contributed by atoms with E-state index >= 15 is 0 Å². The van der Waals surface area contributed by atoms with Crippen molar-refractivity contribution in [1.29, 1.82) is 0 Å². The third-order valence-corrected chi connectivity index (χ3v) is 5.25. The van der Waals surface area contributed by atoms with Crippen molar-refractivity contribution < 1.29 is 9.32 Å². The Morgan fingerprint density at radius 1 is 1.32 bits per heavy atom. The summed E-state index contributed by atoms with van der Waals surface area (Å²) >= 11 is 0. The van der Waals surface area contributed by atoms with E-state index in [1.807, 2.05) is 30.4 Å². The third-order valence-electron chi connectivity index (χ3n) is 5.25. The molecular formula is C17H24N6O2. The number of piperazine rings is 1. The van der Waals surface area contributed by atoms with E-state index in [0.29, 0.717) is 0 Å². The number of hydrogen-bond acceptors (Lipinski definition) is 6. The Morgan fingerprint density at radius 2 is 2.16 bits per heavy atom. The molecule has 1 amide bonds. The van der Waals surface area contributed by atoms with Crippen LogP contribution in [-0.4, -0.2) is 69.9 Å². The Kier molecular flexibility index (Phi) is 4.54. The Bertz CT molecular complexity index is 705. The van der Waals surface area contributed by atoms with Gasteiger partial charge in [0.25, 0.3) is 0 Å². The van der Waals surface area contributed by atoms with Crippen LogP contribution >= 0.6 is 0 Å². The molecule has 4 rings (SSSR count). The molecule has 8 nitrogen and oxygen atoms in total. The molecule has 2 fully saturated rings. The van der Waals surface area contributed by atoms with Gasteiger partial charge in [-0.15, -0.1) is 0 Å². The number of carbonyl (C=O) groups excluding carboxylic acids is 1. The highest BCUT2D eigenvalue weighted by atomic mass is 16.5. The standard InChI is InChI=1S/C17H24N6O2/c1-21-11-13(8-19-21)15-9-18-10-16(15)17(24)23-5-3-22(4-6-23)12-14-2-7-25-20-14/h2,7-8,11,15-16,18H,3-6,9-10,12H2,1H3/t15-,16+/m1/s1. The van der Waals surface area contributed by atoms with E-state index in [9.17, 15) is 4.79 Å². The lowest BCUT2D eigenvalue weighted by Gasteiger charge is -2.36. The number of nitrogens with zero attached hydrogens (tertiary/aromatic N) is 5. The monoisotopic (exact) mass is 344 g/mol. The first-order valence-corrected chi connectivity index (χ1v) is 8.80. The molecule has 2 saturated heterocycles. The zero-order valence-corrected chi connectivity index (χ0v) is 14.5. The van der Waals surface area contributed by atoms with Crippen LogP contribution in [0.4, 0.5) is 0 Å². The lowest BCUT2D eigenvalue weighted by atomic mass is 9.89. The summed E-state index contributed by atoms with van der Waals surface area (Å²) in [4.78, 5) is 17.4. The molecule has 25 heavy (non-hydrogen) atoms. The highest BCUT2D eigenvalue weighted by Crippen LogP contribution is 2.29. The van der Waals surface area contributed by atoms with Gasteiger partial charge < -0.3 is 14.7 Å². The summed E-state index contributed by atoms with van der Waals surface area (Å²) in [5, 5.41) is 11.6. The van der Waals surface area contributed by atoms with Gasteiger partial charge in [-0.1, -0.05) is 5.16 Å². The molecule has 4 heterocycles. The number of aromatic nitrogens is 3. The van der Waals surface area contributed by atoms with Crippen LogP contribution in [0.3, 0.4) is 0 Å². The first kappa shape index (κ1) is 16.3. The topological polar surface area (TPSA) is 79.4 Å². The number of nitrogens with one attached hydrogen (secondary N) is 1. The Morgan fingerprint density at radius 3 is 2.84 bits per heavy atom. The number of carbonyl (C=O) groups is 1. The molecule has 0 aromatic carbocycles. The number of amides is 1. The molecule has 2 aliphatic heterocycles. The van der Waals surface area contributed by atoms with Crippen molar-refractivity contribution in [3.63, 3.8) is 0 Å². The van der Waals surface area contributed by atoms with Gasteiger partial charge in [0.05, 0.1) is 17.8 Å². The summed E-state index contributed by atoms with van der Waals surface area (Å²) in [6.45, 7) is 5.65. The van der Waals surface area contributed by atoms with Crippen LogP contribution in [0.25, 0.3) is 0 Å². The summed E-state index contributed by atoms with van der Waals surface area (Å²) in [5.41, 5.74) is 2.09. The minimum atomic E-state index is 0.00582. The second kappa shape index (κ2) is 6.97. The maximum Gasteiger partial charge on any atom is 0.227 e. The maximum atomic E-state index is 13.0. The highest BCUT2D eigenvalue weighted by molar-refractivity contribution is 5.80. The molecule has 134 valence electrons. The van der Waals surface area contributed by atoms with Gasteiger partial charge in [-0.3, -0.25) is 14.4 Å². The fraction of sp³-hybridized carbons (Fsp3) is 0.588. The molecule has 0 spiro atoms. The Hall–Kier alpha value is -2.19. The third kappa shape index (κ3) is 3.45. The molecule has 0 aliphatic carbocycles. The summed E-state index contributed by atoms with van der Waals surface area (Å²) in [6.07, 6.45) is 5.50. The molecule has 0 radical (unpaired) electrons. The Balaban J connectivity index is 1.35. The molecule has 2 aliphatic rings. The summed E-state index contributed by atoms with van der Waals surface area (Å²) in [7, 11) is 1.91. The quantitative estimate of drug-likeness (QED) is 0.845. The van der Waals surface area contributed by atoms with Crippen LogP contribution in [-0.2, 0) is 18.4 Å². The molecule has 0 bridgehead atoms. The van der Waals surface area contributed by atoms with Crippen LogP contribution < -0.4 is 5.32 Å². The first-order chi connectivity index (χ1) is 12.2. The molecule has 2 aromatic heterocycles. The van der Waals surface area contributed by atoms with Crippen molar-refractivity contribution in [3.05, 3.63) is 36.0 Å². The fourth-order valence-corrected chi connectivity index (χ4v) is 3.83. The average molecular weight is 344 g/mol. The van der Waals surface area contributed by atoms with E-state index in [2.05, 4.69) is 20.5 Å². The van der Waals surface area contributed by atoms with E-state index in [1.165, 1.54) is 0 Å². The minimum Gasteiger partial charge on any atom is -0.364 e. The zero-order valence-electron chi connectivity index (χ0n) is 14.5. The summed E-state index contributed by atoms with van der Waals surface area (Å²) in [5.74, 6) is 0.487. The highest BCUT2D eigenvalue weighted by Gasteiger charge is 2.37. The predicted molar refractivity (Wildman–Crippen MR) is 90.7 cm³/mol. The van der Waals surface area contributed by atoms with Crippen LogP contribution in [0.1, 0.15) is 17.2 Å². The van der Waals surface area contributed by atoms with Crippen molar-refractivity contribution in [2.45, 2.75) is 12.5 Å². The van der Waals surface area contributed by atoms with Crippen molar-refractivity contribution in [2.75, 3.05) is 39.3 Å². The normalized spacial score (nSPS) is 24.8. The van der Waals surface area contributed by atoms with E-state index in [-0.39, 0.29) is 17.7 Å². The van der Waals surface area contributed by atoms with E-state index < -0.39 is 0 Å². The van der Waals surface area contributed by atoms with Gasteiger partial charge >= 0.3 is 0 Å². The van der Waals surface area contributed by atoms with Gasteiger partial charge in [-0.05, 0) is 5.56 Å². The van der Waals surface area contributed by atoms with Crippen molar-refractivity contribution in [1.82, 2.24) is 30.1 Å². The lowest BCUT2D eigenvalue weighted by molar-refractivity contribution is -0.137. The second-order valence-electron chi connectivity index (χ2n) is 6.91. The largest absolute Gasteiger partial charge is 0.364 e. The second-order valence-corrected chi connectivity index (χ2v) is 6.91. The zero-order chi connectivity index (χ0) is 17.2. The van der Waals surface area contributed by atoms with Gasteiger partial charge in [-0.25, -0.2) is 0 Å². The van der Waals surface area contributed by atoms with E-state index in [1.54, 1.807) is 10.9 Å². The van der Waals surface area contributed by atoms with Gasteiger partial charge in [0.1, 0.15) is 6.26 Å². The van der Waals surface area contributed by atoms with Crippen molar-refractivity contribution >= 4 is 5.91 Å². The molecule has 0 unspecified atom stereocenters. The minimum absolute atomic E-state index is 0.00582. The van der Waals surface area contributed by atoms with Crippen LogP contribution in [0.5, 0.6) is 0 Å². The van der Waals surface area contributed by atoms with Gasteiger partial charge in [-0.2, -0.15) is 5.10 Å². The molecule has 8 heteroatoms. The molecule has 1 N–H and O–H groups in total. The van der Waals surface area contributed by atoms with Crippen molar-refractivity contribution in [2.24, 2.45) is 13.0 Å². The van der Waals surface area contributed by atoms with Gasteiger partial charge in [0.15, 0.2) is 0 Å². The number of rotatable bonds is 4. The van der Waals surface area contributed by atoms with Crippen LogP contribution in [0.2, 0.25) is 0 Å². The molecular weight excluding hydrogens is 320 g/mol. The fourth-order valence-electron chi connectivity index (χ4n) is 3.83. The average Bonchev–Trinajstić information content (AvgIpc) is 3.36. The lowest BCUT2D eigenvalue weighted by Crippen LogP contribution is -2.50. The summed E-state index contributed by atoms with van der Waals surface area (Å²) in [6, 6.07) is 1.89. The van der Waals surface area contributed by atoms with Gasteiger partial charge in [0, 0.05) is 71.0 Å². The van der Waals surface area contributed by atoms with Crippen LogP contribution in [0.15, 0.2) is 29.2 Å². The predicted octanol–water partition coefficient (Wildman–Crippen LogP) is 0.0555. The number of aryl methyl sites for hydroxylation is 1. The van der Waals surface area contributed by atoms with E-state index in [4.69, 9.17) is 4.52 Å². The molecule has 2 aromatic rings. The van der Waals surface area contributed by atoms with Crippen molar-refractivity contribution in [3.8, 4) is 0 Å². The van der Waals surface area contributed by atoms with E-state index in [0.717, 1.165) is 57.1 Å². The SMILES string of the molecule is Cn1cc([C@H]2CNC[C@@H]2C(=O)N2CCN(Cc3ccon3)CC2)cn1. The smallest absolute Gasteiger partial charge is 0.227 e. The molecule has 2 atom stereocenters. The van der Waals surface area contributed by atoms with Crippen LogP contribution in [0, 0.1) is 5.92 Å².